The summed E-state index contributed by atoms with van der Waals surface area (Å²) < 4.78 is 0. The van der Waals surface area contributed by atoms with E-state index >= 15 is 0 Å². The average molecular weight is 220 g/mol. The molecule has 16 heavy (non-hydrogen) atoms. The Kier molecular flexibility index (Phi) is 6.12. The second-order valence-corrected chi connectivity index (χ2v) is 4.38. The van der Waals surface area contributed by atoms with Crippen molar-refractivity contribution >= 4 is 0 Å². The van der Waals surface area contributed by atoms with Crippen molar-refractivity contribution in [3.8, 4) is 0 Å². The predicted molar refractivity (Wildman–Crippen MR) is 68.0 cm³/mol. The van der Waals surface area contributed by atoms with E-state index < -0.39 is 6.10 Å². The summed E-state index contributed by atoms with van der Waals surface area (Å²) in [5.74, 6) is 0.515. The topological polar surface area (TPSA) is 32.3 Å². The molecular weight excluding hydrogens is 198 g/mol. The van der Waals surface area contributed by atoms with Crippen molar-refractivity contribution < 1.29 is 5.11 Å². The minimum absolute atomic E-state index is 0.404. The molecule has 1 aromatic rings. The van der Waals surface area contributed by atoms with E-state index in [1.54, 1.807) is 0 Å². The SMILES string of the molecule is [CH2]C(C)CCCNC[C@H](O)c1ccccc1. The molecule has 0 saturated carbocycles. The molecule has 0 fully saturated rings. The largest absolute Gasteiger partial charge is 0.387 e. The van der Waals surface area contributed by atoms with E-state index in [2.05, 4.69) is 19.2 Å². The summed E-state index contributed by atoms with van der Waals surface area (Å²) in [5, 5.41) is 13.1. The Morgan fingerprint density at radius 2 is 2.00 bits per heavy atom. The molecule has 2 N–H and O–H groups in total. The maximum atomic E-state index is 9.85. The summed E-state index contributed by atoms with van der Waals surface area (Å²) in [6.07, 6.45) is 1.85. The number of aliphatic hydroxyl groups is 1. The van der Waals surface area contributed by atoms with Gasteiger partial charge in [0.1, 0.15) is 0 Å². The third-order valence-corrected chi connectivity index (χ3v) is 2.57. The van der Waals surface area contributed by atoms with E-state index in [0.717, 1.165) is 24.9 Å². The highest BCUT2D eigenvalue weighted by Gasteiger charge is 2.05. The van der Waals surface area contributed by atoms with Crippen LogP contribution >= 0.6 is 0 Å². The lowest BCUT2D eigenvalue weighted by atomic mass is 10.1. The van der Waals surface area contributed by atoms with Gasteiger partial charge in [-0.15, -0.1) is 0 Å². The molecule has 0 bridgehead atoms. The van der Waals surface area contributed by atoms with Crippen LogP contribution in [0.5, 0.6) is 0 Å². The smallest absolute Gasteiger partial charge is 0.0914 e. The van der Waals surface area contributed by atoms with Crippen LogP contribution in [0, 0.1) is 12.8 Å². The van der Waals surface area contributed by atoms with Gasteiger partial charge in [-0.3, -0.25) is 0 Å². The summed E-state index contributed by atoms with van der Waals surface area (Å²) in [7, 11) is 0. The third-order valence-electron chi connectivity index (χ3n) is 2.57. The van der Waals surface area contributed by atoms with Crippen molar-refractivity contribution in [3.05, 3.63) is 42.8 Å². The first kappa shape index (κ1) is 13.2. The van der Waals surface area contributed by atoms with Gasteiger partial charge in [0.05, 0.1) is 6.10 Å². The second kappa shape index (κ2) is 7.42. The fourth-order valence-electron chi connectivity index (χ4n) is 1.61. The van der Waals surface area contributed by atoms with Gasteiger partial charge in [-0.1, -0.05) is 44.2 Å². The maximum absolute atomic E-state index is 9.85. The Labute approximate surface area is 98.7 Å². The number of hydrogen-bond acceptors (Lipinski definition) is 2. The van der Waals surface area contributed by atoms with Crippen LogP contribution in [0.2, 0.25) is 0 Å². The fraction of sp³-hybridized carbons (Fsp3) is 0.500. The van der Waals surface area contributed by atoms with Gasteiger partial charge in [0.25, 0.3) is 0 Å². The maximum Gasteiger partial charge on any atom is 0.0914 e. The van der Waals surface area contributed by atoms with Crippen LogP contribution in [-0.2, 0) is 0 Å². The lowest BCUT2D eigenvalue weighted by Gasteiger charge is -2.12. The molecule has 2 heteroatoms. The van der Waals surface area contributed by atoms with Crippen LogP contribution in [0.15, 0.2) is 30.3 Å². The van der Waals surface area contributed by atoms with Gasteiger partial charge in [0.2, 0.25) is 0 Å². The van der Waals surface area contributed by atoms with Crippen LogP contribution < -0.4 is 5.32 Å². The highest BCUT2D eigenvalue weighted by atomic mass is 16.3. The van der Waals surface area contributed by atoms with Crippen LogP contribution in [0.4, 0.5) is 0 Å². The van der Waals surface area contributed by atoms with Gasteiger partial charge in [0.15, 0.2) is 0 Å². The van der Waals surface area contributed by atoms with Gasteiger partial charge in [-0.25, -0.2) is 0 Å². The Balaban J connectivity index is 2.14. The monoisotopic (exact) mass is 220 g/mol. The second-order valence-electron chi connectivity index (χ2n) is 4.38. The summed E-state index contributed by atoms with van der Waals surface area (Å²) >= 11 is 0. The van der Waals surface area contributed by atoms with Crippen molar-refractivity contribution in [2.75, 3.05) is 13.1 Å². The molecular formula is C14H22NO. The zero-order valence-corrected chi connectivity index (χ0v) is 10.0. The van der Waals surface area contributed by atoms with E-state index in [0.29, 0.717) is 12.5 Å². The number of aliphatic hydroxyl groups excluding tert-OH is 1. The molecule has 1 aromatic carbocycles. The quantitative estimate of drug-likeness (QED) is 0.692. The van der Waals surface area contributed by atoms with Crippen LogP contribution in [0.25, 0.3) is 0 Å². The first-order chi connectivity index (χ1) is 7.70. The molecule has 2 atom stereocenters. The predicted octanol–water partition coefficient (Wildman–Crippen LogP) is 2.56. The molecule has 1 radical (unpaired) electrons. The minimum atomic E-state index is -0.404. The van der Waals surface area contributed by atoms with E-state index in [9.17, 15) is 5.11 Å². The van der Waals surface area contributed by atoms with Crippen molar-refractivity contribution in [2.24, 2.45) is 5.92 Å². The Hall–Kier alpha value is -0.860. The number of hydrogen-bond donors (Lipinski definition) is 2. The molecule has 89 valence electrons. The van der Waals surface area contributed by atoms with Gasteiger partial charge in [0, 0.05) is 6.54 Å². The Morgan fingerprint density at radius 1 is 1.31 bits per heavy atom. The Bertz CT molecular complexity index is 271. The molecule has 0 aromatic heterocycles. The lowest BCUT2D eigenvalue weighted by molar-refractivity contribution is 0.174. The summed E-state index contributed by atoms with van der Waals surface area (Å²) in [5.41, 5.74) is 0.973. The van der Waals surface area contributed by atoms with Crippen molar-refractivity contribution in [1.82, 2.24) is 5.32 Å². The molecule has 0 aliphatic carbocycles. The third kappa shape index (κ3) is 5.29. The zero-order chi connectivity index (χ0) is 11.8. The first-order valence-electron chi connectivity index (χ1n) is 5.97. The van der Waals surface area contributed by atoms with Crippen LogP contribution in [0.1, 0.15) is 31.4 Å². The van der Waals surface area contributed by atoms with E-state index in [-0.39, 0.29) is 0 Å². The first-order valence-corrected chi connectivity index (χ1v) is 5.97. The molecule has 0 spiro atoms. The van der Waals surface area contributed by atoms with E-state index in [1.165, 1.54) is 0 Å². The molecule has 2 nitrogen and oxygen atoms in total. The van der Waals surface area contributed by atoms with Crippen LogP contribution in [0.3, 0.4) is 0 Å². The van der Waals surface area contributed by atoms with Crippen molar-refractivity contribution in [3.63, 3.8) is 0 Å². The molecule has 1 rings (SSSR count). The lowest BCUT2D eigenvalue weighted by Crippen LogP contribution is -2.22. The normalized spacial score (nSPS) is 13.0. The molecule has 0 amide bonds. The Morgan fingerprint density at radius 3 is 2.62 bits per heavy atom. The summed E-state index contributed by atoms with van der Waals surface area (Å²) in [4.78, 5) is 0. The zero-order valence-electron chi connectivity index (χ0n) is 10.0. The standard InChI is InChI=1S/C14H22NO/c1-12(2)7-6-10-15-11-14(16)13-8-4-3-5-9-13/h3-5,8-9,12,14-16H,1,6-7,10-11H2,2H3/t12?,14-/m0/s1. The fourth-order valence-corrected chi connectivity index (χ4v) is 1.61. The van der Waals surface area contributed by atoms with Gasteiger partial charge < -0.3 is 10.4 Å². The van der Waals surface area contributed by atoms with Crippen LogP contribution in [-0.4, -0.2) is 18.2 Å². The highest BCUT2D eigenvalue weighted by Crippen LogP contribution is 2.10. The van der Waals surface area contributed by atoms with E-state index in [1.807, 2.05) is 30.3 Å². The average Bonchev–Trinajstić information content (AvgIpc) is 2.29. The highest BCUT2D eigenvalue weighted by molar-refractivity contribution is 5.17. The summed E-state index contributed by atoms with van der Waals surface area (Å²) in [6, 6.07) is 9.75. The van der Waals surface area contributed by atoms with Gasteiger partial charge in [-0.2, -0.15) is 0 Å². The minimum Gasteiger partial charge on any atom is -0.387 e. The van der Waals surface area contributed by atoms with Crippen molar-refractivity contribution in [1.29, 1.82) is 0 Å². The molecule has 0 aliphatic heterocycles. The molecule has 0 heterocycles. The molecule has 1 unspecified atom stereocenters. The number of nitrogens with one attached hydrogen (secondary N) is 1. The molecule has 0 saturated heterocycles. The summed E-state index contributed by atoms with van der Waals surface area (Å²) in [6.45, 7) is 7.63. The van der Waals surface area contributed by atoms with E-state index in [4.69, 9.17) is 0 Å². The number of benzene rings is 1. The van der Waals surface area contributed by atoms with Gasteiger partial charge in [-0.05, 0) is 30.9 Å². The number of rotatable bonds is 7. The molecule has 0 aliphatic rings. The van der Waals surface area contributed by atoms with Gasteiger partial charge >= 0.3 is 0 Å². The van der Waals surface area contributed by atoms with Crippen molar-refractivity contribution in [2.45, 2.75) is 25.9 Å².